The molecule has 0 aliphatic rings. The zero-order chi connectivity index (χ0) is 22.1. The van der Waals surface area contributed by atoms with Gasteiger partial charge in [0.25, 0.3) is 0 Å². The quantitative estimate of drug-likeness (QED) is 0.245. The fourth-order valence-corrected chi connectivity index (χ4v) is 2.75. The highest BCUT2D eigenvalue weighted by Gasteiger charge is 2.28. The van der Waals surface area contributed by atoms with E-state index in [-0.39, 0.29) is 26.4 Å². The molecular formula is C25H44O4. The van der Waals surface area contributed by atoms with Gasteiger partial charge in [0.2, 0.25) is 0 Å². The van der Waals surface area contributed by atoms with E-state index in [0.29, 0.717) is 6.61 Å². The molecule has 29 heavy (non-hydrogen) atoms. The zero-order valence-electron chi connectivity index (χ0n) is 19.3. The Morgan fingerprint density at radius 1 is 0.655 bits per heavy atom. The van der Waals surface area contributed by atoms with E-state index < -0.39 is 5.41 Å². The number of ether oxygens (including phenoxy) is 1. The molecule has 0 bridgehead atoms. The minimum absolute atomic E-state index is 0.139. The zero-order valence-corrected chi connectivity index (χ0v) is 19.3. The molecule has 0 aromatic heterocycles. The van der Waals surface area contributed by atoms with E-state index >= 15 is 0 Å². The molecule has 168 valence electrons. The summed E-state index contributed by atoms with van der Waals surface area (Å²) in [5.74, 6) is 0. The van der Waals surface area contributed by atoms with E-state index in [4.69, 9.17) is 4.74 Å². The Hall–Kier alpha value is -1.20. The van der Waals surface area contributed by atoms with Crippen molar-refractivity contribution in [3.05, 3.63) is 46.6 Å². The number of rotatable bonds is 16. The molecule has 0 aromatic rings. The second kappa shape index (κ2) is 16.6. The van der Waals surface area contributed by atoms with Crippen molar-refractivity contribution in [2.75, 3.05) is 33.0 Å². The maximum Gasteiger partial charge on any atom is 0.0650 e. The predicted molar refractivity (Wildman–Crippen MR) is 123 cm³/mol. The van der Waals surface area contributed by atoms with E-state index in [9.17, 15) is 15.3 Å². The lowest BCUT2D eigenvalue weighted by molar-refractivity contribution is -0.0524. The second-order valence-corrected chi connectivity index (χ2v) is 8.54. The largest absolute Gasteiger partial charge is 0.396 e. The summed E-state index contributed by atoms with van der Waals surface area (Å²) in [7, 11) is 0. The molecule has 0 aliphatic heterocycles. The summed E-state index contributed by atoms with van der Waals surface area (Å²) in [4.78, 5) is 0. The number of aliphatic hydroxyl groups is 3. The van der Waals surface area contributed by atoms with Crippen LogP contribution in [0.15, 0.2) is 46.6 Å². The summed E-state index contributed by atoms with van der Waals surface area (Å²) in [6.07, 6.45) is 15.5. The average Bonchev–Trinajstić information content (AvgIpc) is 2.68. The molecule has 0 amide bonds. The van der Waals surface area contributed by atoms with Crippen molar-refractivity contribution in [3.8, 4) is 0 Å². The van der Waals surface area contributed by atoms with Gasteiger partial charge in [0.05, 0.1) is 38.4 Å². The normalized spacial score (nSPS) is 13.7. The summed E-state index contributed by atoms with van der Waals surface area (Å²) >= 11 is 0. The first-order chi connectivity index (χ1) is 13.8. The second-order valence-electron chi connectivity index (χ2n) is 8.54. The van der Waals surface area contributed by atoms with Gasteiger partial charge in [-0.2, -0.15) is 0 Å². The Bertz CT molecular complexity index is 539. The van der Waals surface area contributed by atoms with Crippen LogP contribution < -0.4 is 0 Å². The Balaban J connectivity index is 4.11. The van der Waals surface area contributed by atoms with Crippen molar-refractivity contribution in [1.82, 2.24) is 0 Å². The molecule has 0 aromatic carbocycles. The van der Waals surface area contributed by atoms with Crippen LogP contribution in [-0.4, -0.2) is 48.4 Å². The first kappa shape index (κ1) is 27.8. The van der Waals surface area contributed by atoms with Gasteiger partial charge < -0.3 is 20.1 Å². The Labute approximate surface area is 178 Å². The minimum Gasteiger partial charge on any atom is -0.396 e. The molecule has 0 spiro atoms. The van der Waals surface area contributed by atoms with E-state index in [1.807, 2.05) is 6.08 Å². The number of allylic oxidation sites excluding steroid dienone is 7. The Kier molecular flexibility index (Phi) is 15.9. The highest BCUT2D eigenvalue weighted by Crippen LogP contribution is 2.16. The Morgan fingerprint density at radius 3 is 1.48 bits per heavy atom. The molecule has 0 radical (unpaired) electrons. The lowest BCUT2D eigenvalue weighted by Crippen LogP contribution is -2.38. The third-order valence-electron chi connectivity index (χ3n) is 5.12. The van der Waals surface area contributed by atoms with Crippen LogP contribution in [0.25, 0.3) is 0 Å². The van der Waals surface area contributed by atoms with Crippen LogP contribution >= 0.6 is 0 Å². The molecule has 0 atom stereocenters. The molecule has 0 saturated carbocycles. The first-order valence-corrected chi connectivity index (χ1v) is 10.8. The van der Waals surface area contributed by atoms with Gasteiger partial charge in [0.15, 0.2) is 0 Å². The van der Waals surface area contributed by atoms with Crippen LogP contribution in [0.2, 0.25) is 0 Å². The van der Waals surface area contributed by atoms with Gasteiger partial charge in [-0.15, -0.1) is 0 Å². The van der Waals surface area contributed by atoms with Crippen molar-refractivity contribution >= 4 is 0 Å². The standard InChI is InChI=1S/C25H44O4/c1-21(2)9-6-10-22(3)11-7-12-23(4)13-8-14-24(5)15-16-29-20-25(17-26,18-27)19-28/h9,11,13,15,26-28H,6-8,10,12,14,16-20H2,1-5H3. The van der Waals surface area contributed by atoms with Gasteiger partial charge in [-0.3, -0.25) is 0 Å². The Morgan fingerprint density at radius 2 is 1.07 bits per heavy atom. The average molecular weight is 409 g/mol. The number of aliphatic hydroxyl groups excluding tert-OH is 3. The summed E-state index contributed by atoms with van der Waals surface area (Å²) < 4.78 is 5.50. The maximum atomic E-state index is 9.28. The molecule has 4 nitrogen and oxygen atoms in total. The third-order valence-corrected chi connectivity index (χ3v) is 5.12. The minimum atomic E-state index is -0.958. The topological polar surface area (TPSA) is 69.9 Å². The molecule has 0 aliphatic carbocycles. The van der Waals surface area contributed by atoms with Gasteiger partial charge in [0, 0.05) is 0 Å². The van der Waals surface area contributed by atoms with E-state index in [1.165, 1.54) is 22.3 Å². The van der Waals surface area contributed by atoms with Gasteiger partial charge in [-0.05, 0) is 73.1 Å². The highest BCUT2D eigenvalue weighted by atomic mass is 16.5. The van der Waals surface area contributed by atoms with Gasteiger partial charge in [-0.1, -0.05) is 46.6 Å². The summed E-state index contributed by atoms with van der Waals surface area (Å²) in [5, 5.41) is 27.8. The van der Waals surface area contributed by atoms with Crippen molar-refractivity contribution in [2.45, 2.75) is 73.1 Å². The summed E-state index contributed by atoms with van der Waals surface area (Å²) in [5.41, 5.74) is 4.59. The molecule has 0 unspecified atom stereocenters. The predicted octanol–water partition coefficient (Wildman–Crippen LogP) is 5.11. The summed E-state index contributed by atoms with van der Waals surface area (Å²) in [6, 6.07) is 0. The van der Waals surface area contributed by atoms with Crippen LogP contribution in [0.5, 0.6) is 0 Å². The van der Waals surface area contributed by atoms with E-state index in [2.05, 4.69) is 52.8 Å². The van der Waals surface area contributed by atoms with E-state index in [1.54, 1.807) is 0 Å². The fourth-order valence-electron chi connectivity index (χ4n) is 2.75. The van der Waals surface area contributed by atoms with Crippen LogP contribution in [0, 0.1) is 5.41 Å². The number of hydrogen-bond acceptors (Lipinski definition) is 4. The van der Waals surface area contributed by atoms with Crippen LogP contribution in [0.4, 0.5) is 0 Å². The maximum absolute atomic E-state index is 9.28. The van der Waals surface area contributed by atoms with Gasteiger partial charge in [0.1, 0.15) is 0 Å². The van der Waals surface area contributed by atoms with Crippen molar-refractivity contribution < 1.29 is 20.1 Å². The smallest absolute Gasteiger partial charge is 0.0650 e. The lowest BCUT2D eigenvalue weighted by Gasteiger charge is -2.26. The highest BCUT2D eigenvalue weighted by molar-refractivity contribution is 5.07. The lowest BCUT2D eigenvalue weighted by atomic mass is 9.93. The van der Waals surface area contributed by atoms with Crippen LogP contribution in [0.1, 0.15) is 73.1 Å². The molecule has 0 rings (SSSR count). The molecule has 0 fully saturated rings. The van der Waals surface area contributed by atoms with Gasteiger partial charge in [-0.25, -0.2) is 0 Å². The summed E-state index contributed by atoms with van der Waals surface area (Å²) in [6.45, 7) is 10.5. The van der Waals surface area contributed by atoms with Crippen LogP contribution in [-0.2, 0) is 4.74 Å². The SMILES string of the molecule is CC(C)=CCCC(C)=CCCC(C)=CCCC(C)=CCOCC(CO)(CO)CO. The van der Waals surface area contributed by atoms with Crippen molar-refractivity contribution in [1.29, 1.82) is 0 Å². The van der Waals surface area contributed by atoms with Crippen molar-refractivity contribution in [3.63, 3.8) is 0 Å². The fraction of sp³-hybridized carbons (Fsp3) is 0.680. The number of hydrogen-bond donors (Lipinski definition) is 3. The van der Waals surface area contributed by atoms with Gasteiger partial charge >= 0.3 is 0 Å². The molecule has 4 heteroatoms. The molecular weight excluding hydrogens is 364 g/mol. The first-order valence-electron chi connectivity index (χ1n) is 10.8. The molecule has 0 heterocycles. The van der Waals surface area contributed by atoms with E-state index in [0.717, 1.165) is 38.5 Å². The van der Waals surface area contributed by atoms with Crippen LogP contribution in [0.3, 0.4) is 0 Å². The molecule has 3 N–H and O–H groups in total. The van der Waals surface area contributed by atoms with Crippen molar-refractivity contribution in [2.24, 2.45) is 5.41 Å². The third kappa shape index (κ3) is 14.4. The molecule has 0 saturated heterocycles. The monoisotopic (exact) mass is 408 g/mol.